The van der Waals surface area contributed by atoms with E-state index >= 15 is 0 Å². The first-order valence-corrected chi connectivity index (χ1v) is 4.38. The lowest BCUT2D eigenvalue weighted by atomic mass is 10.5. The summed E-state index contributed by atoms with van der Waals surface area (Å²) in [5, 5.41) is 9.64. The maximum atomic E-state index is 10.1. The topological polar surface area (TPSA) is 101 Å². The van der Waals surface area contributed by atoms with Gasteiger partial charge in [0, 0.05) is 11.3 Å². The molecule has 0 bridgehead atoms. The molecule has 2 N–H and O–H groups in total. The van der Waals surface area contributed by atoms with Gasteiger partial charge in [0.25, 0.3) is 0 Å². The molecule has 0 heterocycles. The van der Waals surface area contributed by atoms with E-state index in [0.717, 1.165) is 0 Å². The van der Waals surface area contributed by atoms with Crippen molar-refractivity contribution in [2.24, 2.45) is 0 Å². The lowest BCUT2D eigenvalue weighted by molar-refractivity contribution is -0.479. The number of nitro groups is 1. The van der Waals surface area contributed by atoms with Crippen LogP contribution in [-0.2, 0) is 4.57 Å². The van der Waals surface area contributed by atoms with E-state index in [0.29, 0.717) is 0 Å². The highest BCUT2D eigenvalue weighted by molar-refractivity contribution is 7.51. The molecular weight excluding hydrogens is 161 g/mol. The SMILES string of the molecule is O=[N+]([O-])CCCP(=O)(O)O. The molecule has 7 heteroatoms. The summed E-state index contributed by atoms with van der Waals surface area (Å²) in [6.07, 6.45) is -0.481. The Labute approximate surface area is 57.2 Å². The average molecular weight is 169 g/mol. The van der Waals surface area contributed by atoms with Gasteiger partial charge < -0.3 is 9.79 Å². The number of nitrogens with zero attached hydrogens (tertiary/aromatic N) is 1. The van der Waals surface area contributed by atoms with E-state index < -0.39 is 18.7 Å². The third-order valence-electron chi connectivity index (χ3n) is 0.790. The summed E-state index contributed by atoms with van der Waals surface area (Å²) in [4.78, 5) is 25.5. The van der Waals surface area contributed by atoms with Crippen LogP contribution < -0.4 is 0 Å². The van der Waals surface area contributed by atoms with Crippen LogP contribution in [0.5, 0.6) is 0 Å². The summed E-state index contributed by atoms with van der Waals surface area (Å²) < 4.78 is 10.1. The Morgan fingerprint density at radius 2 is 2.00 bits per heavy atom. The zero-order valence-corrected chi connectivity index (χ0v) is 6.03. The number of hydrogen-bond acceptors (Lipinski definition) is 3. The van der Waals surface area contributed by atoms with Crippen molar-refractivity contribution in [3.05, 3.63) is 10.1 Å². The van der Waals surface area contributed by atoms with Gasteiger partial charge in [0.15, 0.2) is 0 Å². The van der Waals surface area contributed by atoms with E-state index in [2.05, 4.69) is 0 Å². The molecule has 0 aromatic rings. The molecule has 0 atom stereocenters. The Kier molecular flexibility index (Phi) is 3.49. The van der Waals surface area contributed by atoms with Crippen molar-refractivity contribution in [2.45, 2.75) is 6.42 Å². The van der Waals surface area contributed by atoms with Crippen LogP contribution >= 0.6 is 7.60 Å². The van der Waals surface area contributed by atoms with Crippen molar-refractivity contribution in [1.82, 2.24) is 0 Å². The molecule has 10 heavy (non-hydrogen) atoms. The molecule has 0 aromatic carbocycles. The summed E-state index contributed by atoms with van der Waals surface area (Å²) in [6, 6.07) is 0. The molecule has 60 valence electrons. The number of hydrogen-bond donors (Lipinski definition) is 2. The van der Waals surface area contributed by atoms with Crippen LogP contribution in [0.25, 0.3) is 0 Å². The molecule has 0 unspecified atom stereocenters. The minimum Gasteiger partial charge on any atom is -0.324 e. The second-order valence-electron chi connectivity index (χ2n) is 1.80. The third kappa shape index (κ3) is 7.55. The maximum absolute atomic E-state index is 10.1. The first-order valence-electron chi connectivity index (χ1n) is 2.58. The fraction of sp³-hybridized carbons (Fsp3) is 1.00. The molecule has 0 spiro atoms. The van der Waals surface area contributed by atoms with E-state index in [1.54, 1.807) is 0 Å². The molecule has 0 aliphatic heterocycles. The van der Waals surface area contributed by atoms with Crippen molar-refractivity contribution in [3.63, 3.8) is 0 Å². The second-order valence-corrected chi connectivity index (χ2v) is 3.57. The van der Waals surface area contributed by atoms with Gasteiger partial charge in [-0.15, -0.1) is 0 Å². The summed E-state index contributed by atoms with van der Waals surface area (Å²) in [5.74, 6) is 0. The smallest absolute Gasteiger partial charge is 0.324 e. The van der Waals surface area contributed by atoms with E-state index in [4.69, 9.17) is 9.79 Å². The quantitative estimate of drug-likeness (QED) is 0.345. The molecular formula is C3H8NO5P. The van der Waals surface area contributed by atoms with Gasteiger partial charge in [-0.25, -0.2) is 0 Å². The zero-order valence-electron chi connectivity index (χ0n) is 5.13. The van der Waals surface area contributed by atoms with Crippen LogP contribution in [0.4, 0.5) is 0 Å². The van der Waals surface area contributed by atoms with Crippen molar-refractivity contribution in [3.8, 4) is 0 Å². The normalized spacial score (nSPS) is 11.4. The minimum absolute atomic E-state index is 0.0721. The minimum atomic E-state index is -4.03. The molecule has 0 aliphatic rings. The number of rotatable bonds is 4. The predicted molar refractivity (Wildman–Crippen MR) is 33.4 cm³/mol. The van der Waals surface area contributed by atoms with Gasteiger partial charge in [-0.1, -0.05) is 0 Å². The Balaban J connectivity index is 3.39. The van der Waals surface area contributed by atoms with Crippen molar-refractivity contribution in [2.75, 3.05) is 12.7 Å². The van der Waals surface area contributed by atoms with Gasteiger partial charge in [-0.3, -0.25) is 14.7 Å². The molecule has 0 amide bonds. The van der Waals surface area contributed by atoms with E-state index in [1.165, 1.54) is 0 Å². The van der Waals surface area contributed by atoms with Gasteiger partial charge in [-0.05, 0) is 0 Å². The summed E-state index contributed by atoms with van der Waals surface area (Å²) in [5.41, 5.74) is 0. The fourth-order valence-corrected chi connectivity index (χ4v) is 0.959. The van der Waals surface area contributed by atoms with Crippen molar-refractivity contribution in [1.29, 1.82) is 0 Å². The molecule has 0 fully saturated rings. The highest BCUT2D eigenvalue weighted by Crippen LogP contribution is 2.34. The van der Waals surface area contributed by atoms with Gasteiger partial charge in [0.1, 0.15) is 0 Å². The zero-order chi connectivity index (χ0) is 8.20. The van der Waals surface area contributed by atoms with E-state index in [9.17, 15) is 14.7 Å². The lowest BCUT2D eigenvalue weighted by Crippen LogP contribution is -2.02. The van der Waals surface area contributed by atoms with Crippen molar-refractivity contribution >= 4 is 7.60 Å². The van der Waals surface area contributed by atoms with Gasteiger partial charge in [-0.2, -0.15) is 0 Å². The summed E-state index contributed by atoms with van der Waals surface area (Å²) >= 11 is 0. The fourth-order valence-electron chi connectivity index (χ4n) is 0.406. The van der Waals surface area contributed by atoms with Crippen molar-refractivity contribution < 1.29 is 19.3 Å². The first kappa shape index (κ1) is 9.55. The van der Waals surface area contributed by atoms with Gasteiger partial charge >= 0.3 is 7.60 Å². The molecule has 0 aliphatic carbocycles. The Morgan fingerprint density at radius 1 is 1.50 bits per heavy atom. The molecule has 0 saturated heterocycles. The Morgan fingerprint density at radius 3 is 2.30 bits per heavy atom. The predicted octanol–water partition coefficient (Wildman–Crippen LogP) is -0.169. The lowest BCUT2D eigenvalue weighted by Gasteiger charge is -1.98. The van der Waals surface area contributed by atoms with Crippen LogP contribution in [0.3, 0.4) is 0 Å². The van der Waals surface area contributed by atoms with E-state index in [-0.39, 0.29) is 13.0 Å². The molecule has 0 rings (SSSR count). The average Bonchev–Trinajstić information content (AvgIpc) is 1.59. The van der Waals surface area contributed by atoms with Crippen LogP contribution in [0.15, 0.2) is 0 Å². The highest BCUT2D eigenvalue weighted by atomic mass is 31.2. The van der Waals surface area contributed by atoms with Crippen LogP contribution in [0, 0.1) is 10.1 Å². The maximum Gasteiger partial charge on any atom is 0.325 e. The van der Waals surface area contributed by atoms with E-state index in [1.807, 2.05) is 0 Å². The van der Waals surface area contributed by atoms with Gasteiger partial charge in [0.05, 0.1) is 6.16 Å². The monoisotopic (exact) mass is 169 g/mol. The van der Waals surface area contributed by atoms with Gasteiger partial charge in [0.2, 0.25) is 6.54 Å². The van der Waals surface area contributed by atoms with Crippen LogP contribution in [0.1, 0.15) is 6.42 Å². The standard InChI is InChI=1S/C3H8NO5P/c5-4(6)2-1-3-10(7,8)9/h1-3H2,(H2,7,8,9). The van der Waals surface area contributed by atoms with Crippen LogP contribution in [0.2, 0.25) is 0 Å². The second kappa shape index (κ2) is 3.65. The molecule has 0 aromatic heterocycles. The summed E-state index contributed by atoms with van der Waals surface area (Å²) in [7, 11) is -4.03. The Bertz CT molecular complexity index is 162. The summed E-state index contributed by atoms with van der Waals surface area (Å²) in [6.45, 7) is -0.384. The largest absolute Gasteiger partial charge is 0.325 e. The Hall–Kier alpha value is -0.450. The third-order valence-corrected chi connectivity index (χ3v) is 1.69. The molecule has 0 radical (unpaired) electrons. The highest BCUT2D eigenvalue weighted by Gasteiger charge is 2.13. The first-order chi connectivity index (χ1) is 4.42. The van der Waals surface area contributed by atoms with Crippen LogP contribution in [-0.4, -0.2) is 27.4 Å². The molecule has 6 nitrogen and oxygen atoms in total. The molecule has 0 saturated carbocycles.